The van der Waals surface area contributed by atoms with Crippen LogP contribution in [0.3, 0.4) is 0 Å². The molecule has 3 heterocycles. The second kappa shape index (κ2) is 11.5. The van der Waals surface area contributed by atoms with Gasteiger partial charge in [-0.05, 0) is 38.4 Å². The lowest BCUT2D eigenvalue weighted by Gasteiger charge is -2.38. The summed E-state index contributed by atoms with van der Waals surface area (Å²) in [6, 6.07) is 5.73. The monoisotopic (exact) mass is 565 g/mol. The number of phenolic OH excluding ortho intramolecular Hbond substituents is 1. The number of thioether (sulfide) groups is 3. The first-order chi connectivity index (χ1) is 17.5. The van der Waals surface area contributed by atoms with Crippen LogP contribution in [-0.4, -0.2) is 89.7 Å². The van der Waals surface area contributed by atoms with Crippen LogP contribution in [0.2, 0.25) is 0 Å². The molecule has 7 nitrogen and oxygen atoms in total. The molecule has 204 valence electrons. The zero-order chi connectivity index (χ0) is 27.0. The van der Waals surface area contributed by atoms with E-state index >= 15 is 0 Å². The summed E-state index contributed by atoms with van der Waals surface area (Å²) in [5, 5.41) is 33.5. The summed E-state index contributed by atoms with van der Waals surface area (Å²) < 4.78 is 0. The maximum Gasteiger partial charge on any atom is 0.332 e. The van der Waals surface area contributed by atoms with Gasteiger partial charge in [-0.3, -0.25) is 14.9 Å². The van der Waals surface area contributed by atoms with Crippen LogP contribution in [0, 0.1) is 5.41 Å². The van der Waals surface area contributed by atoms with Gasteiger partial charge in [0.25, 0.3) is 0 Å². The number of aliphatic hydroxyl groups excluding tert-OH is 1. The Labute approximate surface area is 233 Å². The van der Waals surface area contributed by atoms with Gasteiger partial charge in [-0.1, -0.05) is 45.7 Å². The molecular weight excluding hydrogens is 527 g/mol. The number of carbonyl (C=O) groups is 1. The summed E-state index contributed by atoms with van der Waals surface area (Å²) in [4.78, 5) is 23.5. The van der Waals surface area contributed by atoms with Gasteiger partial charge in [-0.25, -0.2) is 4.79 Å². The van der Waals surface area contributed by atoms with Crippen LogP contribution >= 0.6 is 35.3 Å². The average Bonchev–Trinajstić information content (AvgIpc) is 3.58. The van der Waals surface area contributed by atoms with E-state index in [0.29, 0.717) is 16.5 Å². The topological polar surface area (TPSA) is 106 Å². The third-order valence-corrected chi connectivity index (χ3v) is 11.9. The van der Waals surface area contributed by atoms with Gasteiger partial charge in [0.15, 0.2) is 5.54 Å². The predicted octanol–water partition coefficient (Wildman–Crippen LogP) is 4.74. The predicted molar refractivity (Wildman–Crippen MR) is 158 cm³/mol. The van der Waals surface area contributed by atoms with E-state index in [4.69, 9.17) is 4.99 Å². The molecule has 0 aliphatic carbocycles. The smallest absolute Gasteiger partial charge is 0.332 e. The first-order valence-electron chi connectivity index (χ1n) is 13.0. The molecule has 3 aliphatic rings. The molecule has 1 aromatic rings. The number of phenols is 1. The third-order valence-electron chi connectivity index (χ3n) is 7.71. The highest BCUT2D eigenvalue weighted by molar-refractivity contribution is 8.15. The van der Waals surface area contributed by atoms with Gasteiger partial charge < -0.3 is 15.3 Å². The molecule has 0 amide bonds. The molecule has 0 aromatic heterocycles. The van der Waals surface area contributed by atoms with E-state index in [9.17, 15) is 20.1 Å². The number of aliphatic carboxylic acids is 1. The summed E-state index contributed by atoms with van der Waals surface area (Å²) in [6.07, 6.45) is 3.66. The molecule has 5 atom stereocenters. The highest BCUT2D eigenvalue weighted by atomic mass is 32.2. The number of nitrogens with zero attached hydrogens (tertiary/aromatic N) is 3. The maximum absolute atomic E-state index is 11.7. The minimum Gasteiger partial charge on any atom is -0.507 e. The summed E-state index contributed by atoms with van der Waals surface area (Å²) in [6.45, 7) is 7.75. The van der Waals surface area contributed by atoms with Crippen molar-refractivity contribution in [3.63, 3.8) is 0 Å². The van der Waals surface area contributed by atoms with Gasteiger partial charge in [0.1, 0.15) is 10.8 Å². The molecule has 37 heavy (non-hydrogen) atoms. The van der Waals surface area contributed by atoms with Gasteiger partial charge in [0.05, 0.1) is 28.1 Å². The lowest BCUT2D eigenvalue weighted by Crippen LogP contribution is -2.51. The van der Waals surface area contributed by atoms with Crippen LogP contribution < -0.4 is 0 Å². The van der Waals surface area contributed by atoms with Crippen LogP contribution in [0.4, 0.5) is 0 Å². The minimum atomic E-state index is -1.14. The third kappa shape index (κ3) is 5.73. The number of hydrogen-bond donors (Lipinski definition) is 3. The van der Waals surface area contributed by atoms with E-state index in [2.05, 4.69) is 22.9 Å². The van der Waals surface area contributed by atoms with Gasteiger partial charge in [-0.15, -0.1) is 35.3 Å². The summed E-state index contributed by atoms with van der Waals surface area (Å²) in [5.41, 5.74) is 0.243. The summed E-state index contributed by atoms with van der Waals surface area (Å²) >= 11 is 4.96. The quantitative estimate of drug-likeness (QED) is 0.350. The van der Waals surface area contributed by atoms with Gasteiger partial charge in [0.2, 0.25) is 0 Å². The molecule has 4 rings (SSSR count). The van der Waals surface area contributed by atoms with E-state index in [1.54, 1.807) is 24.8 Å². The number of carboxylic acid groups (broad SMARTS) is 1. The van der Waals surface area contributed by atoms with E-state index in [1.165, 1.54) is 18.2 Å². The number of aryl methyl sites for hydroxylation is 1. The molecule has 0 unspecified atom stereocenters. The molecule has 1 saturated heterocycles. The fourth-order valence-electron chi connectivity index (χ4n) is 5.14. The Morgan fingerprint density at radius 1 is 1.27 bits per heavy atom. The number of aromatic hydroxyl groups is 1. The standard InChI is InChI=1S/C27H39N3O4S3/c1-6-7-8-10-16-11-9-12-19(31)20(16)22-28-17(13-35-22)23-30(5)18(14-36-23)21(32)26(2,3)24-29-27(4,15-37-24)25(33)34/h9,11-12,17-18,21,23,31-32H,6-8,10,13-15H2,1-5H3,(H,33,34)/t17-,18-,21+,23+,27+/m0/s1. The Balaban J connectivity index is 1.48. The first kappa shape index (κ1) is 28.8. The van der Waals surface area contributed by atoms with E-state index < -0.39 is 23.0 Å². The average molecular weight is 566 g/mol. The minimum absolute atomic E-state index is 0.0620. The number of benzene rings is 1. The lowest BCUT2D eigenvalue weighted by molar-refractivity contribution is -0.141. The Hall–Kier alpha value is -1.20. The van der Waals surface area contributed by atoms with Gasteiger partial charge in [0, 0.05) is 28.7 Å². The Morgan fingerprint density at radius 2 is 2.03 bits per heavy atom. The lowest BCUT2D eigenvalue weighted by atomic mass is 9.83. The second-order valence-corrected chi connectivity index (χ2v) is 14.1. The summed E-state index contributed by atoms with van der Waals surface area (Å²) in [7, 11) is 2.05. The molecule has 10 heteroatoms. The van der Waals surface area contributed by atoms with Crippen molar-refractivity contribution in [3.8, 4) is 5.75 Å². The van der Waals surface area contributed by atoms with Crippen molar-refractivity contribution in [2.24, 2.45) is 15.4 Å². The van der Waals surface area contributed by atoms with Crippen molar-refractivity contribution in [2.45, 2.75) is 82.5 Å². The van der Waals surface area contributed by atoms with Crippen LogP contribution in [0.5, 0.6) is 5.75 Å². The number of rotatable bonds is 10. The first-order valence-corrected chi connectivity index (χ1v) is 16.0. The number of hydrogen-bond acceptors (Lipinski definition) is 9. The Bertz CT molecular complexity index is 1080. The largest absolute Gasteiger partial charge is 0.507 e. The molecule has 0 bridgehead atoms. The Kier molecular flexibility index (Phi) is 8.95. The molecule has 0 spiro atoms. The highest BCUT2D eigenvalue weighted by Gasteiger charge is 2.50. The molecule has 3 N–H and O–H groups in total. The number of likely N-dealkylation sites (N-methyl/N-ethyl adjacent to an activating group) is 1. The van der Waals surface area contributed by atoms with Crippen molar-refractivity contribution >= 4 is 51.3 Å². The van der Waals surface area contributed by atoms with Crippen molar-refractivity contribution in [2.75, 3.05) is 24.3 Å². The number of carboxylic acids is 1. The number of unbranched alkanes of at least 4 members (excludes halogenated alkanes) is 2. The van der Waals surface area contributed by atoms with Crippen molar-refractivity contribution in [3.05, 3.63) is 29.3 Å². The highest BCUT2D eigenvalue weighted by Crippen LogP contribution is 2.44. The fourth-order valence-corrected chi connectivity index (χ4v) is 9.39. The van der Waals surface area contributed by atoms with Crippen molar-refractivity contribution in [1.82, 2.24) is 4.90 Å². The second-order valence-electron chi connectivity index (χ2n) is 11.0. The molecular formula is C27H39N3O4S3. The van der Waals surface area contributed by atoms with Crippen LogP contribution in [0.25, 0.3) is 0 Å². The van der Waals surface area contributed by atoms with E-state index in [1.807, 2.05) is 38.7 Å². The van der Waals surface area contributed by atoms with Crippen LogP contribution in [-0.2, 0) is 11.2 Å². The summed E-state index contributed by atoms with van der Waals surface area (Å²) in [5.74, 6) is 1.36. The van der Waals surface area contributed by atoms with Crippen LogP contribution in [0.1, 0.15) is 58.1 Å². The van der Waals surface area contributed by atoms with Crippen LogP contribution in [0.15, 0.2) is 28.2 Å². The molecule has 0 radical (unpaired) electrons. The number of aliphatic imine (C=N–C) groups is 2. The molecule has 1 aromatic carbocycles. The SMILES string of the molecule is CCCCCc1cccc(O)c1C1=N[C@H]([C@H]2SC[C@@H]([C@@H](O)C(C)(C)C3=N[C@@](C)(C(=O)O)CS3)N2C)CS1. The van der Waals surface area contributed by atoms with E-state index in [0.717, 1.165) is 46.9 Å². The Morgan fingerprint density at radius 3 is 2.70 bits per heavy atom. The molecule has 0 saturated carbocycles. The maximum atomic E-state index is 11.7. The van der Waals surface area contributed by atoms with E-state index in [-0.39, 0.29) is 17.5 Å². The van der Waals surface area contributed by atoms with Crippen molar-refractivity contribution in [1.29, 1.82) is 0 Å². The molecule has 3 aliphatic heterocycles. The molecule has 1 fully saturated rings. The van der Waals surface area contributed by atoms with Crippen molar-refractivity contribution < 1.29 is 20.1 Å². The zero-order valence-corrected chi connectivity index (χ0v) is 24.8. The fraction of sp³-hybridized carbons (Fsp3) is 0.667. The normalized spacial score (nSPS) is 29.4. The van der Waals surface area contributed by atoms with Gasteiger partial charge >= 0.3 is 5.97 Å². The zero-order valence-electron chi connectivity index (χ0n) is 22.3. The van der Waals surface area contributed by atoms with Gasteiger partial charge in [-0.2, -0.15) is 0 Å². The number of aliphatic hydroxyl groups is 1.